The molecule has 3 rings (SSSR count). The summed E-state index contributed by atoms with van der Waals surface area (Å²) in [5.41, 5.74) is 3.27. The second-order valence-electron chi connectivity index (χ2n) is 6.24. The normalized spacial score (nSPS) is 14.0. The number of anilines is 1. The molecule has 1 aliphatic heterocycles. The van der Waals surface area contributed by atoms with E-state index in [1.807, 2.05) is 5.38 Å². The number of carbonyl (C=O) groups excluding carboxylic acids is 2. The standard InChI is InChI=1S/C19H23N3O2S2/c1-2-3-4-14-5-7-15(8-6-14)16-13-26-18(20-16)21-17(23)9-10-22-11-12-25-19(22)24/h5-8,13H,2-4,9-12H2,1H3,(H,20,21,23). The summed E-state index contributed by atoms with van der Waals surface area (Å²) >= 11 is 2.73. The number of hydrogen-bond acceptors (Lipinski definition) is 5. The summed E-state index contributed by atoms with van der Waals surface area (Å²) in [5, 5.41) is 5.46. The number of benzene rings is 1. The minimum Gasteiger partial charge on any atom is -0.332 e. The van der Waals surface area contributed by atoms with E-state index >= 15 is 0 Å². The zero-order valence-corrected chi connectivity index (χ0v) is 16.5. The number of nitrogens with zero attached hydrogens (tertiary/aromatic N) is 2. The number of rotatable bonds is 8. The Balaban J connectivity index is 1.52. The maximum atomic E-state index is 12.1. The van der Waals surface area contributed by atoms with Crippen molar-refractivity contribution in [2.75, 3.05) is 24.2 Å². The van der Waals surface area contributed by atoms with Crippen LogP contribution in [0.15, 0.2) is 29.6 Å². The largest absolute Gasteiger partial charge is 0.332 e. The van der Waals surface area contributed by atoms with Crippen LogP contribution in [0.4, 0.5) is 9.93 Å². The molecule has 0 aliphatic carbocycles. The lowest BCUT2D eigenvalue weighted by Crippen LogP contribution is -2.27. The lowest BCUT2D eigenvalue weighted by Gasteiger charge is -2.13. The maximum absolute atomic E-state index is 12.1. The Morgan fingerprint density at radius 3 is 2.81 bits per heavy atom. The third-order valence-corrected chi connectivity index (χ3v) is 5.92. The molecule has 2 amide bonds. The van der Waals surface area contributed by atoms with Crippen molar-refractivity contribution in [2.45, 2.75) is 32.6 Å². The molecule has 0 radical (unpaired) electrons. The summed E-state index contributed by atoms with van der Waals surface area (Å²) in [7, 11) is 0. The predicted octanol–water partition coefficient (Wildman–Crippen LogP) is 4.65. The van der Waals surface area contributed by atoms with Gasteiger partial charge in [0.05, 0.1) is 5.69 Å². The fourth-order valence-corrected chi connectivity index (χ4v) is 4.32. The molecule has 1 N–H and O–H groups in total. The van der Waals surface area contributed by atoms with E-state index in [0.717, 1.165) is 30.0 Å². The maximum Gasteiger partial charge on any atom is 0.281 e. The molecule has 1 fully saturated rings. The number of thiazole rings is 1. The molecule has 138 valence electrons. The van der Waals surface area contributed by atoms with Crippen molar-refractivity contribution in [3.8, 4) is 11.3 Å². The molecule has 0 bridgehead atoms. The second kappa shape index (κ2) is 9.19. The minimum absolute atomic E-state index is 0.0664. The van der Waals surface area contributed by atoms with Crippen molar-refractivity contribution in [1.82, 2.24) is 9.88 Å². The van der Waals surface area contributed by atoms with Gasteiger partial charge in [0.2, 0.25) is 5.91 Å². The Morgan fingerprint density at radius 2 is 2.12 bits per heavy atom. The van der Waals surface area contributed by atoms with E-state index in [-0.39, 0.29) is 11.1 Å². The number of aryl methyl sites for hydroxylation is 1. The van der Waals surface area contributed by atoms with E-state index in [1.54, 1.807) is 4.90 Å². The average molecular weight is 390 g/mol. The molecule has 26 heavy (non-hydrogen) atoms. The summed E-state index contributed by atoms with van der Waals surface area (Å²) in [6, 6.07) is 8.46. The zero-order valence-electron chi connectivity index (χ0n) is 14.9. The zero-order chi connectivity index (χ0) is 18.4. The van der Waals surface area contributed by atoms with Crippen molar-refractivity contribution in [3.63, 3.8) is 0 Å². The lowest BCUT2D eigenvalue weighted by molar-refractivity contribution is -0.116. The topological polar surface area (TPSA) is 62.3 Å². The fraction of sp³-hybridized carbons (Fsp3) is 0.421. The smallest absolute Gasteiger partial charge is 0.281 e. The molecule has 5 nitrogen and oxygen atoms in total. The molecule has 0 saturated carbocycles. The molecular weight excluding hydrogens is 366 g/mol. The highest BCUT2D eigenvalue weighted by atomic mass is 32.2. The molecular formula is C19H23N3O2S2. The number of unbranched alkanes of at least 4 members (excludes halogenated alkanes) is 1. The first-order valence-electron chi connectivity index (χ1n) is 8.92. The first kappa shape index (κ1) is 18.9. The van der Waals surface area contributed by atoms with Crippen LogP contribution in [0.3, 0.4) is 0 Å². The Hall–Kier alpha value is -1.86. The molecule has 1 aromatic carbocycles. The van der Waals surface area contributed by atoms with Crippen molar-refractivity contribution in [2.24, 2.45) is 0 Å². The van der Waals surface area contributed by atoms with Gasteiger partial charge >= 0.3 is 0 Å². The summed E-state index contributed by atoms with van der Waals surface area (Å²) in [4.78, 5) is 29.8. The summed E-state index contributed by atoms with van der Waals surface area (Å²) in [6.07, 6.45) is 3.80. The number of amides is 2. The molecule has 1 saturated heterocycles. The van der Waals surface area contributed by atoms with Gasteiger partial charge in [-0.2, -0.15) is 0 Å². The van der Waals surface area contributed by atoms with Gasteiger partial charge in [-0.15, -0.1) is 11.3 Å². The number of thioether (sulfide) groups is 1. The van der Waals surface area contributed by atoms with Gasteiger partial charge in [0, 0.05) is 36.2 Å². The van der Waals surface area contributed by atoms with Crippen LogP contribution in [0.5, 0.6) is 0 Å². The van der Waals surface area contributed by atoms with Crippen LogP contribution in [-0.2, 0) is 11.2 Å². The molecule has 2 aromatic rings. The van der Waals surface area contributed by atoms with E-state index in [4.69, 9.17) is 0 Å². The fourth-order valence-electron chi connectivity index (χ4n) is 2.73. The number of aromatic nitrogens is 1. The highest BCUT2D eigenvalue weighted by molar-refractivity contribution is 8.13. The lowest BCUT2D eigenvalue weighted by atomic mass is 10.1. The van der Waals surface area contributed by atoms with Crippen LogP contribution in [0.25, 0.3) is 11.3 Å². The molecule has 1 aromatic heterocycles. The molecule has 2 heterocycles. The van der Waals surface area contributed by atoms with Crippen molar-refractivity contribution < 1.29 is 9.59 Å². The van der Waals surface area contributed by atoms with Crippen LogP contribution in [0.1, 0.15) is 31.7 Å². The molecule has 0 spiro atoms. The molecule has 0 unspecified atom stereocenters. The van der Waals surface area contributed by atoms with Crippen molar-refractivity contribution >= 4 is 39.4 Å². The molecule has 0 atom stereocenters. The highest BCUT2D eigenvalue weighted by Crippen LogP contribution is 2.25. The van der Waals surface area contributed by atoms with Gasteiger partial charge < -0.3 is 10.2 Å². The monoisotopic (exact) mass is 389 g/mol. The van der Waals surface area contributed by atoms with E-state index in [1.165, 1.54) is 41.5 Å². The highest BCUT2D eigenvalue weighted by Gasteiger charge is 2.21. The van der Waals surface area contributed by atoms with E-state index < -0.39 is 0 Å². The Labute approximate surface area is 162 Å². The van der Waals surface area contributed by atoms with E-state index in [2.05, 4.69) is 41.5 Å². The van der Waals surface area contributed by atoms with Crippen LogP contribution < -0.4 is 5.32 Å². The number of hydrogen-bond donors (Lipinski definition) is 1. The first-order valence-corrected chi connectivity index (χ1v) is 10.8. The predicted molar refractivity (Wildman–Crippen MR) is 109 cm³/mol. The number of carbonyl (C=O) groups is 2. The van der Waals surface area contributed by atoms with Gasteiger partial charge in [-0.3, -0.25) is 9.59 Å². The van der Waals surface area contributed by atoms with E-state index in [9.17, 15) is 9.59 Å². The minimum atomic E-state index is -0.106. The Morgan fingerprint density at radius 1 is 1.31 bits per heavy atom. The molecule has 7 heteroatoms. The average Bonchev–Trinajstić information content (AvgIpc) is 3.27. The summed E-state index contributed by atoms with van der Waals surface area (Å²) in [6.45, 7) is 3.39. The van der Waals surface area contributed by atoms with Crippen molar-refractivity contribution in [1.29, 1.82) is 0 Å². The van der Waals surface area contributed by atoms with Gasteiger partial charge in [-0.25, -0.2) is 4.98 Å². The van der Waals surface area contributed by atoms with Gasteiger partial charge in [0.1, 0.15) is 0 Å². The van der Waals surface area contributed by atoms with Gasteiger partial charge in [0.25, 0.3) is 5.24 Å². The van der Waals surface area contributed by atoms with Crippen LogP contribution in [0.2, 0.25) is 0 Å². The third kappa shape index (κ3) is 5.08. The van der Waals surface area contributed by atoms with E-state index in [0.29, 0.717) is 18.1 Å². The van der Waals surface area contributed by atoms with Gasteiger partial charge in [0.15, 0.2) is 5.13 Å². The van der Waals surface area contributed by atoms with Crippen LogP contribution in [-0.4, -0.2) is 39.9 Å². The van der Waals surface area contributed by atoms with Crippen LogP contribution >= 0.6 is 23.1 Å². The summed E-state index contributed by atoms with van der Waals surface area (Å²) < 4.78 is 0. The van der Waals surface area contributed by atoms with Crippen molar-refractivity contribution in [3.05, 3.63) is 35.2 Å². The Bertz CT molecular complexity index is 758. The quantitative estimate of drug-likeness (QED) is 0.714. The number of nitrogens with one attached hydrogen (secondary N) is 1. The first-order chi connectivity index (χ1) is 12.7. The SMILES string of the molecule is CCCCc1ccc(-c2csc(NC(=O)CCN3CCSC3=O)n2)cc1. The second-order valence-corrected chi connectivity index (χ2v) is 8.14. The van der Waals surface area contributed by atoms with Gasteiger partial charge in [-0.1, -0.05) is 49.4 Å². The molecule has 1 aliphatic rings. The third-order valence-electron chi connectivity index (χ3n) is 4.27. The van der Waals surface area contributed by atoms with Crippen LogP contribution in [0, 0.1) is 0 Å². The summed E-state index contributed by atoms with van der Waals surface area (Å²) in [5.74, 6) is 0.707. The Kier molecular flexibility index (Phi) is 6.68. The van der Waals surface area contributed by atoms with Gasteiger partial charge in [-0.05, 0) is 18.4 Å².